The third kappa shape index (κ3) is 2.55. The van der Waals surface area contributed by atoms with Gasteiger partial charge in [0.05, 0.1) is 0 Å². The second-order valence-corrected chi connectivity index (χ2v) is 5.22. The maximum Gasteiger partial charge on any atom is 0.303 e. The molecule has 0 bridgehead atoms. The maximum absolute atomic E-state index is 10.9. The first-order valence-corrected chi connectivity index (χ1v) is 7.01. The Morgan fingerprint density at radius 3 is 2.57 bits per heavy atom. The minimum Gasteiger partial charge on any atom is -0.481 e. The van der Waals surface area contributed by atoms with Gasteiger partial charge in [0.1, 0.15) is 0 Å². The molecule has 1 heterocycles. The highest BCUT2D eigenvalue weighted by atomic mass is 16.4. The lowest BCUT2D eigenvalue weighted by molar-refractivity contribution is -0.136. The molecule has 1 N–H and O–H groups in total. The van der Waals surface area contributed by atoms with Crippen molar-refractivity contribution in [1.29, 1.82) is 0 Å². The number of hydrogen-bond acceptors (Lipinski definition) is 1. The van der Waals surface area contributed by atoms with Gasteiger partial charge in [0.2, 0.25) is 0 Å². The van der Waals surface area contributed by atoms with E-state index >= 15 is 0 Å². The summed E-state index contributed by atoms with van der Waals surface area (Å²) in [6, 6.07) is 16.4. The van der Waals surface area contributed by atoms with Gasteiger partial charge in [0.25, 0.3) is 0 Å². The van der Waals surface area contributed by atoms with Crippen LogP contribution in [-0.2, 0) is 18.3 Å². The van der Waals surface area contributed by atoms with E-state index in [1.807, 2.05) is 37.5 Å². The predicted molar refractivity (Wildman–Crippen MR) is 84.3 cm³/mol. The summed E-state index contributed by atoms with van der Waals surface area (Å²) in [5, 5.41) is 10.1. The van der Waals surface area contributed by atoms with Gasteiger partial charge < -0.3 is 9.67 Å². The Morgan fingerprint density at radius 2 is 1.86 bits per heavy atom. The number of aromatic nitrogens is 1. The highest BCUT2D eigenvalue weighted by Crippen LogP contribution is 2.32. The molecule has 3 rings (SSSR count). The van der Waals surface area contributed by atoms with Crippen LogP contribution >= 0.6 is 0 Å². The molecule has 0 aliphatic heterocycles. The molecule has 3 aromatic rings. The molecular formula is C18H17NO2. The second kappa shape index (κ2) is 5.44. The van der Waals surface area contributed by atoms with E-state index in [1.165, 1.54) is 0 Å². The van der Waals surface area contributed by atoms with Crippen molar-refractivity contribution < 1.29 is 9.90 Å². The Bertz CT molecular complexity index is 788. The number of aliphatic carboxylic acids is 1. The molecule has 0 aliphatic carbocycles. The number of benzene rings is 2. The van der Waals surface area contributed by atoms with Crippen molar-refractivity contribution in [2.45, 2.75) is 12.8 Å². The summed E-state index contributed by atoms with van der Waals surface area (Å²) in [6.07, 6.45) is 2.75. The standard InChI is InChI=1S/C18H17NO2/c1-19-12-14(10-11-17(20)21)18-15(8-5-9-16(18)19)13-6-3-2-4-7-13/h2-9,12H,10-11H2,1H3,(H,20,21). The Morgan fingerprint density at radius 1 is 1.10 bits per heavy atom. The van der Waals surface area contributed by atoms with E-state index in [1.54, 1.807) is 0 Å². The number of carbonyl (C=O) groups is 1. The minimum absolute atomic E-state index is 0.155. The Hall–Kier alpha value is -2.55. The second-order valence-electron chi connectivity index (χ2n) is 5.22. The monoisotopic (exact) mass is 279 g/mol. The molecule has 0 unspecified atom stereocenters. The van der Waals surface area contributed by atoms with Crippen LogP contribution < -0.4 is 0 Å². The number of carboxylic acids is 1. The summed E-state index contributed by atoms with van der Waals surface area (Å²) in [7, 11) is 2.00. The zero-order valence-corrected chi connectivity index (χ0v) is 11.9. The lowest BCUT2D eigenvalue weighted by Crippen LogP contribution is -1.97. The maximum atomic E-state index is 10.9. The topological polar surface area (TPSA) is 42.2 Å². The van der Waals surface area contributed by atoms with Crippen LogP contribution in [0.5, 0.6) is 0 Å². The van der Waals surface area contributed by atoms with Gasteiger partial charge in [0.15, 0.2) is 0 Å². The van der Waals surface area contributed by atoms with E-state index in [-0.39, 0.29) is 6.42 Å². The van der Waals surface area contributed by atoms with Gasteiger partial charge in [-0.15, -0.1) is 0 Å². The summed E-state index contributed by atoms with van der Waals surface area (Å²) < 4.78 is 2.07. The SMILES string of the molecule is Cn1cc(CCC(=O)O)c2c(-c3ccccc3)cccc21. The Kier molecular flexibility index (Phi) is 3.48. The van der Waals surface area contributed by atoms with Crippen LogP contribution in [0.25, 0.3) is 22.0 Å². The number of aryl methyl sites for hydroxylation is 2. The molecule has 0 saturated heterocycles. The molecule has 0 atom stereocenters. The van der Waals surface area contributed by atoms with Gasteiger partial charge in [0, 0.05) is 30.6 Å². The first kappa shape index (κ1) is 13.4. The number of carboxylic acid groups (broad SMARTS) is 1. The summed E-state index contributed by atoms with van der Waals surface area (Å²) in [5.74, 6) is -0.760. The van der Waals surface area contributed by atoms with Gasteiger partial charge in [-0.1, -0.05) is 42.5 Å². The van der Waals surface area contributed by atoms with Crippen LogP contribution in [0.15, 0.2) is 54.7 Å². The fourth-order valence-electron chi connectivity index (χ4n) is 2.83. The van der Waals surface area contributed by atoms with Crippen molar-refractivity contribution >= 4 is 16.9 Å². The molecule has 3 nitrogen and oxygen atoms in total. The van der Waals surface area contributed by atoms with Crippen molar-refractivity contribution in [1.82, 2.24) is 4.57 Å². The minimum atomic E-state index is -0.760. The Labute approximate surface area is 123 Å². The third-order valence-corrected chi connectivity index (χ3v) is 3.79. The van der Waals surface area contributed by atoms with Crippen LogP contribution in [-0.4, -0.2) is 15.6 Å². The number of nitrogens with zero attached hydrogens (tertiary/aromatic N) is 1. The van der Waals surface area contributed by atoms with Gasteiger partial charge >= 0.3 is 5.97 Å². The van der Waals surface area contributed by atoms with Crippen LogP contribution in [0.2, 0.25) is 0 Å². The molecule has 0 amide bonds. The largest absolute Gasteiger partial charge is 0.481 e. The Balaban J connectivity index is 2.18. The normalized spacial score (nSPS) is 10.9. The predicted octanol–water partition coefficient (Wildman–Crippen LogP) is 3.86. The molecular weight excluding hydrogens is 262 g/mol. The van der Waals surface area contributed by atoms with Gasteiger partial charge in [-0.05, 0) is 29.2 Å². The zero-order chi connectivity index (χ0) is 14.8. The van der Waals surface area contributed by atoms with E-state index in [4.69, 9.17) is 5.11 Å². The highest BCUT2D eigenvalue weighted by molar-refractivity contribution is 5.98. The highest BCUT2D eigenvalue weighted by Gasteiger charge is 2.12. The van der Waals surface area contributed by atoms with Crippen molar-refractivity contribution in [3.05, 3.63) is 60.3 Å². The first-order chi connectivity index (χ1) is 10.2. The summed E-state index contributed by atoms with van der Waals surface area (Å²) in [5.41, 5.74) is 4.55. The molecule has 0 fully saturated rings. The van der Waals surface area contributed by atoms with E-state index < -0.39 is 5.97 Å². The molecule has 0 aliphatic rings. The number of rotatable bonds is 4. The quantitative estimate of drug-likeness (QED) is 0.788. The summed E-state index contributed by atoms with van der Waals surface area (Å²) in [4.78, 5) is 10.9. The van der Waals surface area contributed by atoms with Crippen molar-refractivity contribution in [2.24, 2.45) is 7.05 Å². The first-order valence-electron chi connectivity index (χ1n) is 7.01. The lowest BCUT2D eigenvalue weighted by Gasteiger charge is -2.06. The molecule has 21 heavy (non-hydrogen) atoms. The van der Waals surface area contributed by atoms with E-state index in [0.717, 1.165) is 27.6 Å². The smallest absolute Gasteiger partial charge is 0.303 e. The lowest BCUT2D eigenvalue weighted by atomic mass is 9.97. The third-order valence-electron chi connectivity index (χ3n) is 3.79. The molecule has 106 valence electrons. The molecule has 1 aromatic heterocycles. The average molecular weight is 279 g/mol. The molecule has 3 heteroatoms. The molecule has 0 radical (unpaired) electrons. The number of hydrogen-bond donors (Lipinski definition) is 1. The van der Waals surface area contributed by atoms with Gasteiger partial charge in [-0.25, -0.2) is 0 Å². The molecule has 0 spiro atoms. The van der Waals surface area contributed by atoms with Crippen molar-refractivity contribution in [3.63, 3.8) is 0 Å². The molecule has 2 aromatic carbocycles. The fourth-order valence-corrected chi connectivity index (χ4v) is 2.83. The van der Waals surface area contributed by atoms with Crippen molar-refractivity contribution in [2.75, 3.05) is 0 Å². The van der Waals surface area contributed by atoms with E-state index in [0.29, 0.717) is 6.42 Å². The summed E-state index contributed by atoms with van der Waals surface area (Å²) in [6.45, 7) is 0. The van der Waals surface area contributed by atoms with Crippen molar-refractivity contribution in [3.8, 4) is 11.1 Å². The fraction of sp³-hybridized carbons (Fsp3) is 0.167. The summed E-state index contributed by atoms with van der Waals surface area (Å²) >= 11 is 0. The number of fused-ring (bicyclic) bond motifs is 1. The van der Waals surface area contributed by atoms with E-state index in [9.17, 15) is 4.79 Å². The van der Waals surface area contributed by atoms with Gasteiger partial charge in [-0.2, -0.15) is 0 Å². The van der Waals surface area contributed by atoms with Gasteiger partial charge in [-0.3, -0.25) is 4.79 Å². The van der Waals surface area contributed by atoms with Crippen LogP contribution in [0, 0.1) is 0 Å². The van der Waals surface area contributed by atoms with Crippen LogP contribution in [0.1, 0.15) is 12.0 Å². The van der Waals surface area contributed by atoms with E-state index in [2.05, 4.69) is 28.8 Å². The van der Waals surface area contributed by atoms with Crippen LogP contribution in [0.3, 0.4) is 0 Å². The zero-order valence-electron chi connectivity index (χ0n) is 11.9. The van der Waals surface area contributed by atoms with Crippen LogP contribution in [0.4, 0.5) is 0 Å². The molecule has 0 saturated carbocycles. The average Bonchev–Trinajstić information content (AvgIpc) is 2.83.